The highest BCUT2D eigenvalue weighted by atomic mass is 16.3. The van der Waals surface area contributed by atoms with Crippen LogP contribution >= 0.6 is 0 Å². The third kappa shape index (κ3) is 2.10. The summed E-state index contributed by atoms with van der Waals surface area (Å²) in [5, 5.41) is 10.0. The minimum absolute atomic E-state index is 0.173. The lowest BCUT2D eigenvalue weighted by atomic mass is 9.98. The summed E-state index contributed by atoms with van der Waals surface area (Å²) in [6, 6.07) is 9.05. The molecule has 1 aliphatic carbocycles. The van der Waals surface area contributed by atoms with Crippen LogP contribution in [0.4, 0.5) is 0 Å². The summed E-state index contributed by atoms with van der Waals surface area (Å²) >= 11 is 0. The number of benzene rings is 1. The lowest BCUT2D eigenvalue weighted by Crippen LogP contribution is -2.43. The summed E-state index contributed by atoms with van der Waals surface area (Å²) < 4.78 is 0. The van der Waals surface area contributed by atoms with Gasteiger partial charge in [-0.15, -0.1) is 0 Å². The maximum absolute atomic E-state index is 10.0. The summed E-state index contributed by atoms with van der Waals surface area (Å²) in [6.45, 7) is 2.01. The number of hydrogen-bond acceptors (Lipinski definition) is 3. The third-order valence-electron chi connectivity index (χ3n) is 4.16. The minimum Gasteiger partial charge on any atom is -0.391 e. The molecule has 3 atom stereocenters. The van der Waals surface area contributed by atoms with Gasteiger partial charge in [-0.3, -0.25) is 4.90 Å². The summed E-state index contributed by atoms with van der Waals surface area (Å²) in [4.78, 5) is 2.40. The van der Waals surface area contributed by atoms with Gasteiger partial charge in [0.1, 0.15) is 0 Å². The van der Waals surface area contributed by atoms with Gasteiger partial charge in [-0.2, -0.15) is 0 Å². The quantitative estimate of drug-likeness (QED) is 0.756. The number of rotatable bonds is 1. The van der Waals surface area contributed by atoms with Crippen LogP contribution in [-0.4, -0.2) is 34.7 Å². The maximum Gasteiger partial charge on any atom is 0.0710 e. The number of aliphatic hydroxyl groups excluding tert-OH is 1. The predicted octanol–water partition coefficient (Wildman–Crippen LogP) is 0.895. The van der Waals surface area contributed by atoms with Gasteiger partial charge < -0.3 is 10.8 Å². The Morgan fingerprint density at radius 1 is 1.18 bits per heavy atom. The summed E-state index contributed by atoms with van der Waals surface area (Å²) in [6.07, 6.45) is 2.54. The molecule has 1 aliphatic heterocycles. The third-order valence-corrected chi connectivity index (χ3v) is 4.16. The summed E-state index contributed by atoms with van der Waals surface area (Å²) in [7, 11) is 0. The van der Waals surface area contributed by atoms with Crippen molar-refractivity contribution in [2.45, 2.75) is 44.0 Å². The monoisotopic (exact) mass is 232 g/mol. The first-order valence-corrected chi connectivity index (χ1v) is 6.48. The second-order valence-electron chi connectivity index (χ2n) is 5.36. The molecular weight excluding hydrogens is 212 g/mol. The highest BCUT2D eigenvalue weighted by molar-refractivity contribution is 5.29. The molecule has 0 bridgehead atoms. The van der Waals surface area contributed by atoms with Gasteiger partial charge in [0.2, 0.25) is 0 Å². The van der Waals surface area contributed by atoms with Crippen molar-refractivity contribution < 1.29 is 5.11 Å². The molecule has 1 aromatic carbocycles. The second-order valence-corrected chi connectivity index (χ2v) is 5.36. The molecule has 0 spiro atoms. The molecular formula is C14H20N2O. The number of hydrogen-bond donors (Lipinski definition) is 2. The van der Waals surface area contributed by atoms with E-state index >= 15 is 0 Å². The van der Waals surface area contributed by atoms with Crippen LogP contribution in [0.25, 0.3) is 0 Å². The SMILES string of the molecule is N[C@@H]1CC(N2CCc3ccccc3C2)[C@H](O)C1. The Kier molecular flexibility index (Phi) is 2.90. The van der Waals surface area contributed by atoms with Crippen molar-refractivity contribution >= 4 is 0 Å². The molecule has 3 heteroatoms. The van der Waals surface area contributed by atoms with Crippen LogP contribution in [0.15, 0.2) is 24.3 Å². The fourth-order valence-corrected chi connectivity index (χ4v) is 3.22. The molecule has 3 N–H and O–H groups in total. The van der Waals surface area contributed by atoms with Crippen LogP contribution < -0.4 is 5.73 Å². The van der Waals surface area contributed by atoms with Crippen molar-refractivity contribution in [1.29, 1.82) is 0 Å². The standard InChI is InChI=1S/C14H20N2O/c15-12-7-13(14(17)8-12)16-6-5-10-3-1-2-4-11(10)9-16/h1-4,12-14,17H,5-9,15H2/t12-,13?,14-/m1/s1. The van der Waals surface area contributed by atoms with E-state index in [-0.39, 0.29) is 18.2 Å². The van der Waals surface area contributed by atoms with Crippen molar-refractivity contribution in [1.82, 2.24) is 4.90 Å². The number of nitrogens with zero attached hydrogens (tertiary/aromatic N) is 1. The fraction of sp³-hybridized carbons (Fsp3) is 0.571. The highest BCUT2D eigenvalue weighted by Gasteiger charge is 2.36. The summed E-state index contributed by atoms with van der Waals surface area (Å²) in [5.74, 6) is 0. The van der Waals surface area contributed by atoms with Crippen LogP contribution in [0.5, 0.6) is 0 Å². The van der Waals surface area contributed by atoms with Gasteiger partial charge in [-0.25, -0.2) is 0 Å². The first kappa shape index (κ1) is 11.2. The van der Waals surface area contributed by atoms with Gasteiger partial charge in [-0.05, 0) is 30.4 Å². The van der Waals surface area contributed by atoms with E-state index in [1.54, 1.807) is 0 Å². The van der Waals surface area contributed by atoms with Crippen molar-refractivity contribution in [3.05, 3.63) is 35.4 Å². The molecule has 1 aromatic rings. The van der Waals surface area contributed by atoms with Crippen LogP contribution in [-0.2, 0) is 13.0 Å². The Morgan fingerprint density at radius 3 is 2.65 bits per heavy atom. The number of nitrogens with two attached hydrogens (primary N) is 1. The van der Waals surface area contributed by atoms with Crippen molar-refractivity contribution in [2.75, 3.05) is 6.54 Å². The van der Waals surface area contributed by atoms with E-state index in [0.717, 1.165) is 32.4 Å². The van der Waals surface area contributed by atoms with Gasteiger partial charge in [0.15, 0.2) is 0 Å². The Labute approximate surface area is 102 Å². The smallest absolute Gasteiger partial charge is 0.0710 e. The predicted molar refractivity (Wildman–Crippen MR) is 67.6 cm³/mol. The zero-order chi connectivity index (χ0) is 11.8. The lowest BCUT2D eigenvalue weighted by Gasteiger charge is -2.35. The molecule has 1 saturated carbocycles. The van der Waals surface area contributed by atoms with Gasteiger partial charge >= 0.3 is 0 Å². The van der Waals surface area contributed by atoms with E-state index in [1.807, 2.05) is 0 Å². The summed E-state index contributed by atoms with van der Waals surface area (Å²) in [5.41, 5.74) is 8.80. The fourth-order valence-electron chi connectivity index (χ4n) is 3.22. The molecule has 0 saturated heterocycles. The maximum atomic E-state index is 10.0. The van der Waals surface area contributed by atoms with Crippen LogP contribution in [0, 0.1) is 0 Å². The van der Waals surface area contributed by atoms with Gasteiger partial charge in [0, 0.05) is 25.2 Å². The zero-order valence-corrected chi connectivity index (χ0v) is 10.0. The Morgan fingerprint density at radius 2 is 1.94 bits per heavy atom. The van der Waals surface area contributed by atoms with Gasteiger partial charge in [0.05, 0.1) is 6.10 Å². The van der Waals surface area contributed by atoms with E-state index < -0.39 is 0 Å². The highest BCUT2D eigenvalue weighted by Crippen LogP contribution is 2.28. The second kappa shape index (κ2) is 4.41. The molecule has 3 nitrogen and oxygen atoms in total. The Hall–Kier alpha value is -0.900. The number of aliphatic hydroxyl groups is 1. The van der Waals surface area contributed by atoms with E-state index in [4.69, 9.17) is 5.73 Å². The normalized spacial score (nSPS) is 33.6. The van der Waals surface area contributed by atoms with Crippen molar-refractivity contribution in [3.63, 3.8) is 0 Å². The molecule has 0 amide bonds. The van der Waals surface area contributed by atoms with Gasteiger partial charge in [0.25, 0.3) is 0 Å². The van der Waals surface area contributed by atoms with Crippen LogP contribution in [0.2, 0.25) is 0 Å². The lowest BCUT2D eigenvalue weighted by molar-refractivity contribution is 0.0626. The molecule has 3 rings (SSSR count). The minimum atomic E-state index is -0.240. The van der Waals surface area contributed by atoms with E-state index in [1.165, 1.54) is 11.1 Å². The average Bonchev–Trinajstić information content (AvgIpc) is 2.68. The first-order valence-electron chi connectivity index (χ1n) is 6.48. The van der Waals surface area contributed by atoms with E-state index in [0.29, 0.717) is 0 Å². The van der Waals surface area contributed by atoms with Gasteiger partial charge in [-0.1, -0.05) is 24.3 Å². The molecule has 1 unspecified atom stereocenters. The van der Waals surface area contributed by atoms with E-state index in [2.05, 4.69) is 29.2 Å². The van der Waals surface area contributed by atoms with Crippen molar-refractivity contribution in [3.8, 4) is 0 Å². The first-order chi connectivity index (χ1) is 8.24. The van der Waals surface area contributed by atoms with Crippen molar-refractivity contribution in [2.24, 2.45) is 5.73 Å². The molecule has 17 heavy (non-hydrogen) atoms. The number of fused-ring (bicyclic) bond motifs is 1. The van der Waals surface area contributed by atoms with Crippen LogP contribution in [0.3, 0.4) is 0 Å². The Bertz CT molecular complexity index is 407. The molecule has 1 heterocycles. The molecule has 1 fully saturated rings. The molecule has 0 radical (unpaired) electrons. The largest absolute Gasteiger partial charge is 0.391 e. The zero-order valence-electron chi connectivity index (χ0n) is 10.0. The topological polar surface area (TPSA) is 49.5 Å². The molecule has 0 aromatic heterocycles. The molecule has 2 aliphatic rings. The molecule has 92 valence electrons. The van der Waals surface area contributed by atoms with E-state index in [9.17, 15) is 5.11 Å². The van der Waals surface area contributed by atoms with Crippen LogP contribution in [0.1, 0.15) is 24.0 Å². The Balaban J connectivity index is 1.76. The average molecular weight is 232 g/mol.